The predicted molar refractivity (Wildman–Crippen MR) is 44.2 cm³/mol. The number of rotatable bonds is 1. The van der Waals surface area contributed by atoms with Crippen LogP contribution < -0.4 is 0 Å². The van der Waals surface area contributed by atoms with Crippen LogP contribution in [0.5, 0.6) is 0 Å². The quantitative estimate of drug-likeness (QED) is 0.564. The molecule has 0 aromatic rings. The summed E-state index contributed by atoms with van der Waals surface area (Å²) in [6, 6.07) is 0. The first-order valence-electron chi connectivity index (χ1n) is 4.62. The van der Waals surface area contributed by atoms with E-state index in [-0.39, 0.29) is 0 Å². The summed E-state index contributed by atoms with van der Waals surface area (Å²) in [6.07, 6.45) is 5.17. The monoisotopic (exact) mass is 152 g/mol. The Morgan fingerprint density at radius 2 is 1.82 bits per heavy atom. The van der Waals surface area contributed by atoms with Crippen molar-refractivity contribution in [1.82, 2.24) is 0 Å². The molecule has 2 rings (SSSR count). The van der Waals surface area contributed by atoms with Crippen molar-refractivity contribution in [3.63, 3.8) is 0 Å². The molecule has 62 valence electrons. The molecular weight excluding hydrogens is 136 g/mol. The van der Waals surface area contributed by atoms with Crippen LogP contribution in [0.25, 0.3) is 0 Å². The molecule has 0 N–H and O–H groups in total. The summed E-state index contributed by atoms with van der Waals surface area (Å²) in [6.45, 7) is 4.05. The van der Waals surface area contributed by atoms with E-state index in [1.54, 1.807) is 6.92 Å². The zero-order chi connectivity index (χ0) is 8.06. The van der Waals surface area contributed by atoms with Gasteiger partial charge < -0.3 is 0 Å². The smallest absolute Gasteiger partial charge is 0.132 e. The SMILES string of the molecule is CC(=O)C1CC2(CC(C)C2)C1. The topological polar surface area (TPSA) is 17.1 Å². The van der Waals surface area contributed by atoms with Crippen LogP contribution in [0.3, 0.4) is 0 Å². The Bertz CT molecular complexity index is 181. The fourth-order valence-corrected chi connectivity index (χ4v) is 3.03. The maximum Gasteiger partial charge on any atom is 0.132 e. The molecule has 0 atom stereocenters. The molecule has 1 heteroatoms. The molecule has 2 saturated carbocycles. The van der Waals surface area contributed by atoms with Gasteiger partial charge in [-0.1, -0.05) is 6.92 Å². The highest BCUT2D eigenvalue weighted by molar-refractivity contribution is 5.79. The molecule has 2 aliphatic carbocycles. The average Bonchev–Trinajstić information content (AvgIpc) is 1.73. The van der Waals surface area contributed by atoms with E-state index in [2.05, 4.69) is 6.92 Å². The van der Waals surface area contributed by atoms with Crippen molar-refractivity contribution in [1.29, 1.82) is 0 Å². The van der Waals surface area contributed by atoms with Gasteiger partial charge in [-0.2, -0.15) is 0 Å². The number of hydrogen-bond acceptors (Lipinski definition) is 1. The summed E-state index contributed by atoms with van der Waals surface area (Å²) < 4.78 is 0. The van der Waals surface area contributed by atoms with Crippen LogP contribution in [0.2, 0.25) is 0 Å². The van der Waals surface area contributed by atoms with Gasteiger partial charge in [0.1, 0.15) is 5.78 Å². The second-order valence-corrected chi connectivity index (χ2v) is 4.73. The zero-order valence-electron chi connectivity index (χ0n) is 7.39. The van der Waals surface area contributed by atoms with Gasteiger partial charge in [-0.15, -0.1) is 0 Å². The number of hydrogen-bond donors (Lipinski definition) is 0. The van der Waals surface area contributed by atoms with E-state index in [1.807, 2.05) is 0 Å². The second kappa shape index (κ2) is 2.09. The summed E-state index contributed by atoms with van der Waals surface area (Å²) in [4.78, 5) is 10.9. The highest BCUT2D eigenvalue weighted by atomic mass is 16.1. The molecule has 0 radical (unpaired) electrons. The van der Waals surface area contributed by atoms with Gasteiger partial charge in [0.05, 0.1) is 0 Å². The first-order valence-corrected chi connectivity index (χ1v) is 4.62. The molecule has 0 aliphatic heterocycles. The van der Waals surface area contributed by atoms with Crippen LogP contribution in [-0.2, 0) is 4.79 Å². The van der Waals surface area contributed by atoms with E-state index in [1.165, 1.54) is 25.7 Å². The van der Waals surface area contributed by atoms with Gasteiger partial charge in [0.25, 0.3) is 0 Å². The van der Waals surface area contributed by atoms with Gasteiger partial charge in [-0.3, -0.25) is 4.79 Å². The highest BCUT2D eigenvalue weighted by Crippen LogP contribution is 2.61. The second-order valence-electron chi connectivity index (χ2n) is 4.73. The minimum atomic E-state index is 0.412. The standard InChI is InChI=1S/C10H16O/c1-7-3-10(4-7)5-9(6-10)8(2)11/h7,9H,3-6H2,1-2H3. The summed E-state index contributed by atoms with van der Waals surface area (Å²) in [5.74, 6) is 1.78. The molecule has 0 heterocycles. The summed E-state index contributed by atoms with van der Waals surface area (Å²) in [7, 11) is 0. The van der Waals surface area contributed by atoms with Crippen molar-refractivity contribution < 1.29 is 4.79 Å². The molecule has 0 amide bonds. The number of ketones is 1. The molecule has 1 spiro atoms. The maximum absolute atomic E-state index is 10.9. The normalized spacial score (nSPS) is 48.2. The molecular formula is C10H16O. The van der Waals surface area contributed by atoms with E-state index >= 15 is 0 Å². The van der Waals surface area contributed by atoms with Crippen molar-refractivity contribution >= 4 is 5.78 Å². The number of carbonyl (C=O) groups is 1. The summed E-state index contributed by atoms with van der Waals surface area (Å²) >= 11 is 0. The molecule has 0 unspecified atom stereocenters. The van der Waals surface area contributed by atoms with E-state index in [0.717, 1.165) is 5.92 Å². The lowest BCUT2D eigenvalue weighted by atomic mass is 9.48. The van der Waals surface area contributed by atoms with Crippen LogP contribution in [0, 0.1) is 17.3 Å². The lowest BCUT2D eigenvalue weighted by molar-refractivity contribution is -0.135. The molecule has 0 saturated heterocycles. The molecule has 2 fully saturated rings. The third kappa shape index (κ3) is 1.02. The lowest BCUT2D eigenvalue weighted by Crippen LogP contribution is -2.48. The van der Waals surface area contributed by atoms with Gasteiger partial charge in [0.15, 0.2) is 0 Å². The molecule has 0 bridgehead atoms. The number of carbonyl (C=O) groups excluding carboxylic acids is 1. The minimum Gasteiger partial charge on any atom is -0.300 e. The highest BCUT2D eigenvalue weighted by Gasteiger charge is 2.52. The van der Waals surface area contributed by atoms with Gasteiger partial charge in [-0.25, -0.2) is 0 Å². The molecule has 0 aromatic heterocycles. The van der Waals surface area contributed by atoms with Gasteiger partial charge in [0, 0.05) is 5.92 Å². The zero-order valence-corrected chi connectivity index (χ0v) is 7.39. The fourth-order valence-electron chi connectivity index (χ4n) is 3.03. The first-order chi connectivity index (χ1) is 5.11. The Labute approximate surface area is 68.2 Å². The van der Waals surface area contributed by atoms with Crippen LogP contribution >= 0.6 is 0 Å². The van der Waals surface area contributed by atoms with Crippen LogP contribution in [0.1, 0.15) is 39.5 Å². The van der Waals surface area contributed by atoms with E-state index in [4.69, 9.17) is 0 Å². The first kappa shape index (κ1) is 7.33. The molecule has 0 aromatic carbocycles. The van der Waals surface area contributed by atoms with Crippen LogP contribution in [-0.4, -0.2) is 5.78 Å². The molecule has 2 aliphatic rings. The van der Waals surface area contributed by atoms with Gasteiger partial charge in [0.2, 0.25) is 0 Å². The van der Waals surface area contributed by atoms with Crippen LogP contribution in [0.4, 0.5) is 0 Å². The lowest BCUT2D eigenvalue weighted by Gasteiger charge is -2.56. The maximum atomic E-state index is 10.9. The Morgan fingerprint density at radius 1 is 1.27 bits per heavy atom. The van der Waals surface area contributed by atoms with Gasteiger partial charge in [-0.05, 0) is 43.9 Å². The van der Waals surface area contributed by atoms with E-state index in [9.17, 15) is 4.79 Å². The average molecular weight is 152 g/mol. The van der Waals surface area contributed by atoms with Gasteiger partial charge >= 0.3 is 0 Å². The van der Waals surface area contributed by atoms with Crippen molar-refractivity contribution in [3.8, 4) is 0 Å². The van der Waals surface area contributed by atoms with Crippen molar-refractivity contribution in [2.24, 2.45) is 17.3 Å². The Balaban J connectivity index is 1.84. The van der Waals surface area contributed by atoms with E-state index < -0.39 is 0 Å². The fraction of sp³-hybridized carbons (Fsp3) is 0.900. The van der Waals surface area contributed by atoms with E-state index in [0.29, 0.717) is 17.1 Å². The van der Waals surface area contributed by atoms with Crippen LogP contribution in [0.15, 0.2) is 0 Å². The molecule has 1 nitrogen and oxygen atoms in total. The van der Waals surface area contributed by atoms with Crippen molar-refractivity contribution in [2.75, 3.05) is 0 Å². The summed E-state index contributed by atoms with van der Waals surface area (Å²) in [5.41, 5.74) is 0.649. The largest absolute Gasteiger partial charge is 0.300 e. The Morgan fingerprint density at radius 3 is 2.18 bits per heavy atom. The number of Topliss-reactive ketones (excluding diaryl/α,β-unsaturated/α-hetero) is 1. The Hall–Kier alpha value is -0.330. The van der Waals surface area contributed by atoms with Crippen molar-refractivity contribution in [3.05, 3.63) is 0 Å². The molecule has 11 heavy (non-hydrogen) atoms. The minimum absolute atomic E-state index is 0.412. The third-order valence-corrected chi connectivity index (χ3v) is 3.50. The van der Waals surface area contributed by atoms with Crippen molar-refractivity contribution in [2.45, 2.75) is 39.5 Å². The third-order valence-electron chi connectivity index (χ3n) is 3.50. The Kier molecular flexibility index (Phi) is 1.39. The summed E-state index contributed by atoms with van der Waals surface area (Å²) in [5, 5.41) is 0. The predicted octanol–water partition coefficient (Wildman–Crippen LogP) is 2.40.